The molecule has 1 aromatic heterocycles. The van der Waals surface area contributed by atoms with E-state index in [1.807, 2.05) is 24.9 Å². The first-order valence-corrected chi connectivity index (χ1v) is 6.93. The third-order valence-corrected chi connectivity index (χ3v) is 4.21. The molecule has 1 aliphatic heterocycles. The zero-order chi connectivity index (χ0) is 13.2. The van der Waals surface area contributed by atoms with E-state index in [0.29, 0.717) is 32.6 Å². The van der Waals surface area contributed by atoms with Gasteiger partial charge in [-0.15, -0.1) is 0 Å². The van der Waals surface area contributed by atoms with Crippen molar-refractivity contribution in [1.29, 1.82) is 0 Å². The van der Waals surface area contributed by atoms with Gasteiger partial charge in [-0.25, -0.2) is 4.98 Å². The third-order valence-electron chi connectivity index (χ3n) is 3.38. The molecule has 18 heavy (non-hydrogen) atoms. The Hall–Kier alpha value is -0.650. The molecule has 0 amide bonds. The first-order valence-electron chi connectivity index (χ1n) is 6.14. The Labute approximate surface area is 116 Å². The summed E-state index contributed by atoms with van der Waals surface area (Å²) in [7, 11) is 1.96. The number of halogens is 1. The summed E-state index contributed by atoms with van der Waals surface area (Å²) >= 11 is 3.44. The highest BCUT2D eigenvalue weighted by molar-refractivity contribution is 9.10. The SMILES string of the molecule is Cc1cc(N(C)CC2(O)CCOCC2)ncc1Br. The lowest BCUT2D eigenvalue weighted by molar-refractivity contribution is -0.0573. The molecular weight excluding hydrogens is 296 g/mol. The van der Waals surface area contributed by atoms with Crippen LogP contribution in [0.4, 0.5) is 5.82 Å². The molecule has 1 N–H and O–H groups in total. The molecular formula is C13H19BrN2O2. The molecule has 0 unspecified atom stereocenters. The van der Waals surface area contributed by atoms with Crippen LogP contribution in [0.15, 0.2) is 16.7 Å². The van der Waals surface area contributed by atoms with Crippen LogP contribution in [0.5, 0.6) is 0 Å². The number of hydrogen-bond donors (Lipinski definition) is 1. The monoisotopic (exact) mass is 314 g/mol. The minimum atomic E-state index is -0.657. The van der Waals surface area contributed by atoms with Gasteiger partial charge in [0.05, 0.1) is 5.60 Å². The fourth-order valence-corrected chi connectivity index (χ4v) is 2.38. The topological polar surface area (TPSA) is 45.6 Å². The van der Waals surface area contributed by atoms with Crippen molar-refractivity contribution in [3.05, 3.63) is 22.3 Å². The molecule has 0 saturated carbocycles. The molecule has 1 aromatic rings. The van der Waals surface area contributed by atoms with E-state index in [9.17, 15) is 5.11 Å². The Bertz CT molecular complexity index is 419. The van der Waals surface area contributed by atoms with E-state index < -0.39 is 5.60 Å². The maximum Gasteiger partial charge on any atom is 0.128 e. The summed E-state index contributed by atoms with van der Waals surface area (Å²) in [5.41, 5.74) is 0.487. The summed E-state index contributed by atoms with van der Waals surface area (Å²) in [4.78, 5) is 6.38. The van der Waals surface area contributed by atoms with Crippen LogP contribution < -0.4 is 4.90 Å². The van der Waals surface area contributed by atoms with E-state index >= 15 is 0 Å². The molecule has 1 fully saturated rings. The van der Waals surface area contributed by atoms with Gasteiger partial charge in [-0.05, 0) is 34.5 Å². The largest absolute Gasteiger partial charge is 0.388 e. The van der Waals surface area contributed by atoms with Crippen LogP contribution in [0.1, 0.15) is 18.4 Å². The van der Waals surface area contributed by atoms with Crippen molar-refractivity contribution in [3.63, 3.8) is 0 Å². The number of hydrogen-bond acceptors (Lipinski definition) is 4. The van der Waals surface area contributed by atoms with Gasteiger partial charge < -0.3 is 14.7 Å². The first kappa shape index (κ1) is 13.8. The van der Waals surface area contributed by atoms with Crippen molar-refractivity contribution >= 4 is 21.7 Å². The third kappa shape index (κ3) is 3.22. The highest BCUT2D eigenvalue weighted by Gasteiger charge is 2.31. The number of pyridine rings is 1. The summed E-state index contributed by atoms with van der Waals surface area (Å²) in [5, 5.41) is 10.5. The van der Waals surface area contributed by atoms with Gasteiger partial charge in [0.15, 0.2) is 0 Å². The standard InChI is InChI=1S/C13H19BrN2O2/c1-10-7-12(15-8-11(10)14)16(2)9-13(17)3-5-18-6-4-13/h7-8,17H,3-6,9H2,1-2H3. The summed E-state index contributed by atoms with van der Waals surface area (Å²) in [6.45, 7) is 3.89. The molecule has 5 heteroatoms. The van der Waals surface area contributed by atoms with Gasteiger partial charge in [0.2, 0.25) is 0 Å². The van der Waals surface area contributed by atoms with Crippen molar-refractivity contribution in [3.8, 4) is 0 Å². The van der Waals surface area contributed by atoms with Gasteiger partial charge in [0.25, 0.3) is 0 Å². The van der Waals surface area contributed by atoms with E-state index in [0.717, 1.165) is 15.9 Å². The minimum absolute atomic E-state index is 0.588. The molecule has 2 heterocycles. The second kappa shape index (κ2) is 5.55. The zero-order valence-corrected chi connectivity index (χ0v) is 12.4. The number of nitrogens with zero attached hydrogens (tertiary/aromatic N) is 2. The Morgan fingerprint density at radius 1 is 1.50 bits per heavy atom. The number of aliphatic hydroxyl groups is 1. The molecule has 0 spiro atoms. The van der Waals surface area contributed by atoms with Crippen molar-refractivity contribution in [1.82, 2.24) is 4.98 Å². The summed E-state index contributed by atoms with van der Waals surface area (Å²) < 4.78 is 6.29. The molecule has 0 bridgehead atoms. The number of rotatable bonds is 3. The van der Waals surface area contributed by atoms with Gasteiger partial charge in [0, 0.05) is 50.3 Å². The fourth-order valence-electron chi connectivity index (χ4n) is 2.17. The van der Waals surface area contributed by atoms with Gasteiger partial charge in [-0.2, -0.15) is 0 Å². The second-order valence-corrected chi connectivity index (χ2v) is 5.84. The van der Waals surface area contributed by atoms with E-state index in [1.54, 1.807) is 6.20 Å². The second-order valence-electron chi connectivity index (χ2n) is 4.98. The Morgan fingerprint density at radius 2 is 2.17 bits per heavy atom. The van der Waals surface area contributed by atoms with Crippen LogP contribution in [0, 0.1) is 6.92 Å². The van der Waals surface area contributed by atoms with E-state index in [-0.39, 0.29) is 0 Å². The maximum absolute atomic E-state index is 10.5. The van der Waals surface area contributed by atoms with Crippen molar-refractivity contribution in [2.24, 2.45) is 0 Å². The summed E-state index contributed by atoms with van der Waals surface area (Å²) in [6, 6.07) is 2.02. The lowest BCUT2D eigenvalue weighted by Gasteiger charge is -2.35. The molecule has 1 saturated heterocycles. The highest BCUT2D eigenvalue weighted by Crippen LogP contribution is 2.25. The molecule has 0 radical (unpaired) electrons. The average Bonchev–Trinajstić information content (AvgIpc) is 2.33. The number of ether oxygens (including phenoxy) is 1. The van der Waals surface area contributed by atoms with Crippen LogP contribution in [-0.2, 0) is 4.74 Å². The van der Waals surface area contributed by atoms with Gasteiger partial charge in [-0.1, -0.05) is 0 Å². The van der Waals surface area contributed by atoms with Crippen LogP contribution in [0.3, 0.4) is 0 Å². The molecule has 0 aliphatic carbocycles. The van der Waals surface area contributed by atoms with Gasteiger partial charge >= 0.3 is 0 Å². The number of aromatic nitrogens is 1. The van der Waals surface area contributed by atoms with Crippen LogP contribution in [-0.4, -0.2) is 42.5 Å². The molecule has 1 aliphatic rings. The quantitative estimate of drug-likeness (QED) is 0.928. The Kier molecular flexibility index (Phi) is 4.25. The highest BCUT2D eigenvalue weighted by atomic mass is 79.9. The molecule has 2 rings (SSSR count). The number of aryl methyl sites for hydroxylation is 1. The van der Waals surface area contributed by atoms with Crippen LogP contribution in [0.25, 0.3) is 0 Å². The zero-order valence-electron chi connectivity index (χ0n) is 10.8. The molecule has 4 nitrogen and oxygen atoms in total. The predicted molar refractivity (Wildman–Crippen MR) is 74.9 cm³/mol. The van der Waals surface area contributed by atoms with Crippen LogP contribution >= 0.6 is 15.9 Å². The molecule has 100 valence electrons. The minimum Gasteiger partial charge on any atom is -0.388 e. The lowest BCUT2D eigenvalue weighted by atomic mass is 9.94. The van der Waals surface area contributed by atoms with E-state index in [4.69, 9.17) is 4.74 Å². The van der Waals surface area contributed by atoms with Crippen LogP contribution in [0.2, 0.25) is 0 Å². The maximum atomic E-state index is 10.5. The van der Waals surface area contributed by atoms with Crippen molar-refractivity contribution in [2.75, 3.05) is 31.7 Å². The summed E-state index contributed by atoms with van der Waals surface area (Å²) in [6.07, 6.45) is 3.18. The van der Waals surface area contributed by atoms with Gasteiger partial charge in [-0.3, -0.25) is 0 Å². The lowest BCUT2D eigenvalue weighted by Crippen LogP contribution is -2.46. The Morgan fingerprint density at radius 3 is 2.78 bits per heavy atom. The number of anilines is 1. The predicted octanol–water partition coefficient (Wildman–Crippen LogP) is 2.13. The van der Waals surface area contributed by atoms with E-state index in [1.165, 1.54) is 0 Å². The smallest absolute Gasteiger partial charge is 0.128 e. The number of likely N-dealkylation sites (N-methyl/N-ethyl adjacent to an activating group) is 1. The van der Waals surface area contributed by atoms with Crippen molar-refractivity contribution < 1.29 is 9.84 Å². The Balaban J connectivity index is 2.06. The summed E-state index contributed by atoms with van der Waals surface area (Å²) in [5.74, 6) is 0.885. The fraction of sp³-hybridized carbons (Fsp3) is 0.615. The molecule has 0 atom stereocenters. The normalized spacial score (nSPS) is 18.7. The van der Waals surface area contributed by atoms with Gasteiger partial charge in [0.1, 0.15) is 5.82 Å². The average molecular weight is 315 g/mol. The molecule has 0 aromatic carbocycles. The van der Waals surface area contributed by atoms with E-state index in [2.05, 4.69) is 20.9 Å². The first-order chi connectivity index (χ1) is 8.50. The van der Waals surface area contributed by atoms with Crippen molar-refractivity contribution in [2.45, 2.75) is 25.4 Å².